The molecule has 0 fully saturated rings. The van der Waals surface area contributed by atoms with Crippen LogP contribution in [-0.4, -0.2) is 36.9 Å². The Morgan fingerprint density at radius 2 is 1.56 bits per heavy atom. The quantitative estimate of drug-likeness (QED) is 0.301. The molecular formula is C22H39NO2. The van der Waals surface area contributed by atoms with Gasteiger partial charge in [-0.05, 0) is 52.9 Å². The van der Waals surface area contributed by atoms with Crippen molar-refractivity contribution in [2.24, 2.45) is 10.8 Å². The molecule has 0 heterocycles. The fraction of sp³-hybridized carbons (Fsp3) is 0.682. The molecule has 0 aromatic carbocycles. The zero-order valence-electron chi connectivity index (χ0n) is 17.9. The molecule has 0 aliphatic carbocycles. The summed E-state index contributed by atoms with van der Waals surface area (Å²) in [5, 5.41) is 0. The van der Waals surface area contributed by atoms with Crippen molar-refractivity contribution in [3.8, 4) is 0 Å². The van der Waals surface area contributed by atoms with Gasteiger partial charge in [0.15, 0.2) is 5.78 Å². The van der Waals surface area contributed by atoms with Crippen LogP contribution < -0.4 is 0 Å². The molecular weight excluding hydrogens is 310 g/mol. The van der Waals surface area contributed by atoms with Gasteiger partial charge in [-0.2, -0.15) is 0 Å². The number of rotatable bonds is 10. The molecule has 144 valence electrons. The number of carbonyl (C=O) groups is 1. The Morgan fingerprint density at radius 1 is 1.00 bits per heavy atom. The van der Waals surface area contributed by atoms with Gasteiger partial charge in [0.1, 0.15) is 11.4 Å². The second-order valence-corrected chi connectivity index (χ2v) is 9.18. The van der Waals surface area contributed by atoms with Crippen LogP contribution in [0.15, 0.2) is 36.6 Å². The van der Waals surface area contributed by atoms with Gasteiger partial charge < -0.3 is 9.64 Å². The molecule has 0 unspecified atom stereocenters. The summed E-state index contributed by atoms with van der Waals surface area (Å²) in [7, 11) is 3.97. The van der Waals surface area contributed by atoms with Crippen LogP contribution in [0.5, 0.6) is 0 Å². The van der Waals surface area contributed by atoms with Crippen molar-refractivity contribution < 1.29 is 9.53 Å². The summed E-state index contributed by atoms with van der Waals surface area (Å²) in [6.07, 6.45) is 9.19. The smallest absolute Gasteiger partial charge is 0.161 e. The number of ketones is 1. The van der Waals surface area contributed by atoms with E-state index in [-0.39, 0.29) is 22.2 Å². The van der Waals surface area contributed by atoms with Crippen molar-refractivity contribution in [2.75, 3.05) is 20.6 Å². The van der Waals surface area contributed by atoms with Gasteiger partial charge in [0.05, 0.1) is 0 Å². The molecule has 0 atom stereocenters. The lowest BCUT2D eigenvalue weighted by atomic mass is 9.79. The fourth-order valence-electron chi connectivity index (χ4n) is 1.89. The number of hydrogen-bond acceptors (Lipinski definition) is 3. The van der Waals surface area contributed by atoms with Crippen molar-refractivity contribution in [2.45, 2.75) is 66.9 Å². The molecule has 0 saturated heterocycles. The van der Waals surface area contributed by atoms with Gasteiger partial charge in [0.2, 0.25) is 0 Å². The van der Waals surface area contributed by atoms with Gasteiger partial charge in [-0.15, -0.1) is 0 Å². The average molecular weight is 350 g/mol. The first-order valence-corrected chi connectivity index (χ1v) is 9.09. The lowest BCUT2D eigenvalue weighted by Crippen LogP contribution is -2.38. The molecule has 0 rings (SSSR count). The van der Waals surface area contributed by atoms with E-state index < -0.39 is 0 Å². The third-order valence-electron chi connectivity index (χ3n) is 4.84. The summed E-state index contributed by atoms with van der Waals surface area (Å²) in [5.74, 6) is 0.835. The van der Waals surface area contributed by atoms with Gasteiger partial charge in [0.25, 0.3) is 0 Å². The van der Waals surface area contributed by atoms with Crippen LogP contribution in [0.2, 0.25) is 0 Å². The minimum Gasteiger partial charge on any atom is -0.488 e. The fourth-order valence-corrected chi connectivity index (χ4v) is 1.89. The molecule has 0 spiro atoms. The minimum atomic E-state index is -0.361. The first-order valence-electron chi connectivity index (χ1n) is 9.09. The van der Waals surface area contributed by atoms with Crippen LogP contribution >= 0.6 is 0 Å². The predicted molar refractivity (Wildman–Crippen MR) is 109 cm³/mol. The second kappa shape index (κ2) is 9.38. The van der Waals surface area contributed by atoms with E-state index >= 15 is 0 Å². The van der Waals surface area contributed by atoms with Crippen LogP contribution in [0, 0.1) is 10.8 Å². The summed E-state index contributed by atoms with van der Waals surface area (Å²) < 4.78 is 5.99. The van der Waals surface area contributed by atoms with E-state index in [1.54, 1.807) is 6.08 Å². The topological polar surface area (TPSA) is 29.5 Å². The highest BCUT2D eigenvalue weighted by molar-refractivity contribution is 5.94. The number of nitrogens with zero attached hydrogens (tertiary/aromatic N) is 1. The molecule has 0 saturated carbocycles. The zero-order valence-corrected chi connectivity index (χ0v) is 17.9. The maximum absolute atomic E-state index is 12.3. The van der Waals surface area contributed by atoms with Crippen molar-refractivity contribution in [3.05, 3.63) is 36.6 Å². The van der Waals surface area contributed by atoms with E-state index in [9.17, 15) is 4.79 Å². The van der Waals surface area contributed by atoms with Crippen LogP contribution in [0.3, 0.4) is 0 Å². The van der Waals surface area contributed by atoms with Crippen LogP contribution in [0.1, 0.15) is 61.3 Å². The Balaban J connectivity index is 4.49. The highest BCUT2D eigenvalue weighted by Gasteiger charge is 2.34. The van der Waals surface area contributed by atoms with Crippen molar-refractivity contribution in [3.63, 3.8) is 0 Å². The van der Waals surface area contributed by atoms with E-state index in [0.717, 1.165) is 19.4 Å². The van der Waals surface area contributed by atoms with Gasteiger partial charge in [-0.25, -0.2) is 0 Å². The minimum absolute atomic E-state index is 0.0249. The van der Waals surface area contributed by atoms with Gasteiger partial charge in [0, 0.05) is 17.4 Å². The summed E-state index contributed by atoms with van der Waals surface area (Å²) in [6.45, 7) is 19.4. The Labute approximate surface area is 155 Å². The van der Waals surface area contributed by atoms with Gasteiger partial charge in [-0.1, -0.05) is 53.3 Å². The lowest BCUT2D eigenvalue weighted by molar-refractivity contribution is -0.122. The van der Waals surface area contributed by atoms with E-state index in [1.807, 2.05) is 51.1 Å². The number of likely N-dealkylation sites (N-methyl/N-ethyl adjacent to an activating group) is 1. The van der Waals surface area contributed by atoms with E-state index in [2.05, 4.69) is 41.2 Å². The summed E-state index contributed by atoms with van der Waals surface area (Å²) in [5.41, 5.74) is -0.627. The summed E-state index contributed by atoms with van der Waals surface area (Å²) >= 11 is 0. The monoisotopic (exact) mass is 349 g/mol. The molecule has 0 aromatic rings. The molecule has 0 aliphatic rings. The second-order valence-electron chi connectivity index (χ2n) is 9.18. The molecule has 3 heteroatoms. The van der Waals surface area contributed by atoms with Crippen molar-refractivity contribution in [1.29, 1.82) is 0 Å². The summed E-state index contributed by atoms with van der Waals surface area (Å²) in [6, 6.07) is 0. The molecule has 3 nitrogen and oxygen atoms in total. The maximum Gasteiger partial charge on any atom is 0.161 e. The molecule has 0 amide bonds. The first kappa shape index (κ1) is 23.6. The zero-order chi connectivity index (χ0) is 19.9. The highest BCUT2D eigenvalue weighted by Crippen LogP contribution is 2.34. The normalized spacial score (nSPS) is 13.8. The Kier molecular flexibility index (Phi) is 8.87. The highest BCUT2D eigenvalue weighted by atomic mass is 16.5. The third kappa shape index (κ3) is 9.06. The largest absolute Gasteiger partial charge is 0.488 e. The van der Waals surface area contributed by atoms with Gasteiger partial charge in [-0.3, -0.25) is 4.79 Å². The third-order valence-corrected chi connectivity index (χ3v) is 4.84. The van der Waals surface area contributed by atoms with Gasteiger partial charge >= 0.3 is 0 Å². The number of allylic oxidation sites excluding steroid dienone is 3. The predicted octanol–water partition coefficient (Wildman–Crippen LogP) is 5.39. The average Bonchev–Trinajstić information content (AvgIpc) is 2.41. The number of carbonyl (C=O) groups excluding carboxylic acids is 1. The maximum atomic E-state index is 12.3. The first-order chi connectivity index (χ1) is 11.2. The molecule has 0 N–H and O–H groups in total. The number of ether oxygens (including phenoxy) is 1. The molecule has 0 radical (unpaired) electrons. The lowest BCUT2D eigenvalue weighted by Gasteiger charge is -2.39. The van der Waals surface area contributed by atoms with Crippen LogP contribution in [0.4, 0.5) is 0 Å². The Morgan fingerprint density at radius 3 is 2.04 bits per heavy atom. The van der Waals surface area contributed by atoms with Crippen LogP contribution in [0.25, 0.3) is 0 Å². The van der Waals surface area contributed by atoms with Crippen LogP contribution in [-0.2, 0) is 9.53 Å². The molecule has 0 aromatic heterocycles. The number of hydrogen-bond donors (Lipinski definition) is 0. The standard InChI is InChI=1S/C22H39NO2/c1-18(25-22(7,8)20(2,3)4)14-11-12-16-21(5,6)19(24)15-13-17-23(9)10/h11,13-15H,1,12,16-17H2,2-10H3/b14-11+,15-13+. The molecule has 25 heavy (non-hydrogen) atoms. The van der Waals surface area contributed by atoms with E-state index in [4.69, 9.17) is 4.74 Å². The summed E-state index contributed by atoms with van der Waals surface area (Å²) in [4.78, 5) is 14.3. The van der Waals surface area contributed by atoms with Crippen molar-refractivity contribution >= 4 is 5.78 Å². The SMILES string of the molecule is C=C(/C=C/CCC(C)(C)C(=O)/C=C/CN(C)C)OC(C)(C)C(C)(C)C. The van der Waals surface area contributed by atoms with E-state index in [0.29, 0.717) is 5.76 Å². The molecule has 0 aliphatic heterocycles. The Hall–Kier alpha value is -1.35. The van der Waals surface area contributed by atoms with E-state index in [1.165, 1.54) is 0 Å². The Bertz CT molecular complexity index is 503. The van der Waals surface area contributed by atoms with Crippen molar-refractivity contribution in [1.82, 2.24) is 4.90 Å². The molecule has 0 bridgehead atoms.